The minimum Gasteiger partial charge on any atom is -0.314 e. The van der Waals surface area contributed by atoms with Gasteiger partial charge in [0.1, 0.15) is 0 Å². The number of unbranched alkanes of at least 4 members (excludes halogenated alkanes) is 2. The van der Waals surface area contributed by atoms with E-state index in [-0.39, 0.29) is 0 Å². The van der Waals surface area contributed by atoms with E-state index in [0.717, 1.165) is 5.92 Å². The van der Waals surface area contributed by atoms with Gasteiger partial charge in [-0.25, -0.2) is 0 Å². The SMILES string of the molecule is CCCCCC1(C)CC1CNC(C)C. The lowest BCUT2D eigenvalue weighted by atomic mass is 9.98. The Morgan fingerprint density at radius 3 is 2.64 bits per heavy atom. The van der Waals surface area contributed by atoms with E-state index in [0.29, 0.717) is 11.5 Å². The molecule has 84 valence electrons. The molecule has 1 nitrogen and oxygen atoms in total. The zero-order valence-electron chi connectivity index (χ0n) is 10.4. The molecule has 0 amide bonds. The fourth-order valence-electron chi connectivity index (χ4n) is 2.29. The van der Waals surface area contributed by atoms with E-state index in [4.69, 9.17) is 0 Å². The molecule has 1 N–H and O–H groups in total. The summed E-state index contributed by atoms with van der Waals surface area (Å²) in [6.07, 6.45) is 7.11. The van der Waals surface area contributed by atoms with Gasteiger partial charge in [0, 0.05) is 6.04 Å². The standard InChI is InChI=1S/C13H27N/c1-5-6-7-8-13(4)9-12(13)10-14-11(2)3/h11-12,14H,5-10H2,1-4H3. The van der Waals surface area contributed by atoms with Crippen LogP contribution in [0.2, 0.25) is 0 Å². The zero-order valence-corrected chi connectivity index (χ0v) is 10.4. The van der Waals surface area contributed by atoms with Crippen LogP contribution in [0.4, 0.5) is 0 Å². The summed E-state index contributed by atoms with van der Waals surface area (Å²) >= 11 is 0. The summed E-state index contributed by atoms with van der Waals surface area (Å²) in [5.41, 5.74) is 0.692. The van der Waals surface area contributed by atoms with E-state index < -0.39 is 0 Å². The third-order valence-electron chi connectivity index (χ3n) is 3.66. The Kier molecular flexibility index (Phi) is 4.43. The van der Waals surface area contributed by atoms with Crippen molar-refractivity contribution < 1.29 is 0 Å². The van der Waals surface area contributed by atoms with Gasteiger partial charge in [-0.15, -0.1) is 0 Å². The lowest BCUT2D eigenvalue weighted by molar-refractivity contribution is 0.415. The Bertz CT molecular complexity index is 165. The van der Waals surface area contributed by atoms with E-state index in [2.05, 4.69) is 33.0 Å². The van der Waals surface area contributed by atoms with Crippen molar-refractivity contribution in [1.82, 2.24) is 5.32 Å². The second-order valence-corrected chi connectivity index (χ2v) is 5.58. The molecule has 1 heteroatoms. The summed E-state index contributed by atoms with van der Waals surface area (Å²) in [6.45, 7) is 10.5. The van der Waals surface area contributed by atoms with E-state index >= 15 is 0 Å². The van der Waals surface area contributed by atoms with Crippen molar-refractivity contribution in [3.05, 3.63) is 0 Å². The Hall–Kier alpha value is -0.0400. The van der Waals surface area contributed by atoms with Crippen molar-refractivity contribution in [1.29, 1.82) is 0 Å². The second kappa shape index (κ2) is 5.16. The van der Waals surface area contributed by atoms with Crippen LogP contribution in [0.15, 0.2) is 0 Å². The van der Waals surface area contributed by atoms with Crippen molar-refractivity contribution in [2.24, 2.45) is 11.3 Å². The van der Waals surface area contributed by atoms with Gasteiger partial charge in [-0.2, -0.15) is 0 Å². The normalized spacial score (nSPS) is 31.1. The molecule has 0 spiro atoms. The maximum absolute atomic E-state index is 3.55. The van der Waals surface area contributed by atoms with E-state index in [9.17, 15) is 0 Å². The predicted octanol–water partition coefficient (Wildman–Crippen LogP) is 3.59. The Morgan fingerprint density at radius 2 is 2.07 bits per heavy atom. The first-order chi connectivity index (χ1) is 6.58. The van der Waals surface area contributed by atoms with Crippen LogP contribution < -0.4 is 5.32 Å². The van der Waals surface area contributed by atoms with Crippen molar-refractivity contribution in [3.8, 4) is 0 Å². The van der Waals surface area contributed by atoms with Gasteiger partial charge in [-0.1, -0.05) is 47.0 Å². The summed E-state index contributed by atoms with van der Waals surface area (Å²) in [7, 11) is 0. The molecule has 1 aliphatic carbocycles. The first kappa shape index (κ1) is 12.0. The van der Waals surface area contributed by atoms with Crippen molar-refractivity contribution in [2.75, 3.05) is 6.54 Å². The Labute approximate surface area is 89.7 Å². The van der Waals surface area contributed by atoms with Crippen LogP contribution in [-0.4, -0.2) is 12.6 Å². The van der Waals surface area contributed by atoms with Crippen LogP contribution in [0, 0.1) is 11.3 Å². The zero-order chi connectivity index (χ0) is 10.6. The van der Waals surface area contributed by atoms with Gasteiger partial charge in [-0.05, 0) is 30.7 Å². The Morgan fingerprint density at radius 1 is 1.36 bits per heavy atom. The molecule has 0 heterocycles. The van der Waals surface area contributed by atoms with Crippen molar-refractivity contribution in [3.63, 3.8) is 0 Å². The topological polar surface area (TPSA) is 12.0 Å². The summed E-state index contributed by atoms with van der Waals surface area (Å²) in [4.78, 5) is 0. The lowest BCUT2D eigenvalue weighted by Crippen LogP contribution is -2.26. The smallest absolute Gasteiger partial charge is 0.00104 e. The van der Waals surface area contributed by atoms with Crippen LogP contribution in [-0.2, 0) is 0 Å². The highest BCUT2D eigenvalue weighted by Crippen LogP contribution is 2.55. The average molecular weight is 197 g/mol. The first-order valence-corrected chi connectivity index (χ1v) is 6.32. The molecular weight excluding hydrogens is 170 g/mol. The minimum absolute atomic E-state index is 0.649. The summed E-state index contributed by atoms with van der Waals surface area (Å²) in [6, 6.07) is 0.649. The fraction of sp³-hybridized carbons (Fsp3) is 1.00. The molecule has 0 aromatic heterocycles. The third kappa shape index (κ3) is 3.61. The molecule has 1 rings (SSSR count). The highest BCUT2D eigenvalue weighted by molar-refractivity contribution is 4.99. The number of hydrogen-bond donors (Lipinski definition) is 1. The van der Waals surface area contributed by atoms with Crippen LogP contribution in [0.1, 0.15) is 59.8 Å². The average Bonchev–Trinajstić information content (AvgIpc) is 2.75. The molecule has 1 fully saturated rings. The number of nitrogens with one attached hydrogen (secondary N) is 1. The largest absolute Gasteiger partial charge is 0.314 e. The van der Waals surface area contributed by atoms with Gasteiger partial charge >= 0.3 is 0 Å². The molecule has 0 bridgehead atoms. The molecule has 0 aromatic carbocycles. The highest BCUT2D eigenvalue weighted by Gasteiger charge is 2.48. The minimum atomic E-state index is 0.649. The Balaban J connectivity index is 2.09. The van der Waals surface area contributed by atoms with Crippen LogP contribution >= 0.6 is 0 Å². The maximum atomic E-state index is 3.55. The molecule has 14 heavy (non-hydrogen) atoms. The van der Waals surface area contributed by atoms with Gasteiger partial charge in [0.15, 0.2) is 0 Å². The van der Waals surface area contributed by atoms with Crippen molar-refractivity contribution in [2.45, 2.75) is 65.8 Å². The molecular formula is C13H27N. The molecule has 2 unspecified atom stereocenters. The second-order valence-electron chi connectivity index (χ2n) is 5.58. The fourth-order valence-corrected chi connectivity index (χ4v) is 2.29. The molecule has 1 saturated carbocycles. The monoisotopic (exact) mass is 197 g/mol. The first-order valence-electron chi connectivity index (χ1n) is 6.32. The summed E-state index contributed by atoms with van der Waals surface area (Å²) in [5.74, 6) is 0.960. The summed E-state index contributed by atoms with van der Waals surface area (Å²) < 4.78 is 0. The molecule has 0 aromatic rings. The van der Waals surface area contributed by atoms with Gasteiger partial charge in [0.25, 0.3) is 0 Å². The van der Waals surface area contributed by atoms with Crippen molar-refractivity contribution >= 4 is 0 Å². The van der Waals surface area contributed by atoms with E-state index in [1.807, 2.05) is 0 Å². The van der Waals surface area contributed by atoms with Gasteiger partial charge < -0.3 is 5.32 Å². The quantitative estimate of drug-likeness (QED) is 0.615. The maximum Gasteiger partial charge on any atom is 0.00104 e. The van der Waals surface area contributed by atoms with Crippen LogP contribution in [0.5, 0.6) is 0 Å². The van der Waals surface area contributed by atoms with Crippen LogP contribution in [0.25, 0.3) is 0 Å². The van der Waals surface area contributed by atoms with E-state index in [1.54, 1.807) is 0 Å². The summed E-state index contributed by atoms with van der Waals surface area (Å²) in [5, 5.41) is 3.55. The molecule has 1 aliphatic rings. The van der Waals surface area contributed by atoms with Crippen LogP contribution in [0.3, 0.4) is 0 Å². The molecule has 2 atom stereocenters. The third-order valence-corrected chi connectivity index (χ3v) is 3.66. The molecule has 0 saturated heterocycles. The van der Waals surface area contributed by atoms with E-state index in [1.165, 1.54) is 38.6 Å². The molecule has 0 radical (unpaired) electrons. The van der Waals surface area contributed by atoms with Gasteiger partial charge in [-0.3, -0.25) is 0 Å². The lowest BCUT2D eigenvalue weighted by Gasteiger charge is -2.12. The highest BCUT2D eigenvalue weighted by atomic mass is 14.9. The van der Waals surface area contributed by atoms with Gasteiger partial charge in [0.2, 0.25) is 0 Å². The molecule has 0 aliphatic heterocycles. The van der Waals surface area contributed by atoms with Gasteiger partial charge in [0.05, 0.1) is 0 Å². The number of rotatable bonds is 7. The number of hydrogen-bond acceptors (Lipinski definition) is 1. The predicted molar refractivity (Wildman–Crippen MR) is 63.5 cm³/mol.